The molecule has 1 aliphatic heterocycles. The van der Waals surface area contributed by atoms with Gasteiger partial charge in [0.1, 0.15) is 5.84 Å². The second-order valence-corrected chi connectivity index (χ2v) is 7.12. The summed E-state index contributed by atoms with van der Waals surface area (Å²) in [6.07, 6.45) is 0.00438. The zero-order valence-electron chi connectivity index (χ0n) is 16.8. The number of para-hydroxylation sites is 1. The molecule has 0 saturated carbocycles. The molecule has 7 nitrogen and oxygen atoms in total. The van der Waals surface area contributed by atoms with E-state index in [-0.39, 0.29) is 24.1 Å². The lowest BCUT2D eigenvalue weighted by Crippen LogP contribution is -2.29. The van der Waals surface area contributed by atoms with Gasteiger partial charge in [-0.25, -0.2) is 0 Å². The minimum atomic E-state index is -0.409. The lowest BCUT2D eigenvalue weighted by atomic mass is 10.1. The van der Waals surface area contributed by atoms with Crippen LogP contribution in [0.4, 0.5) is 11.4 Å². The van der Waals surface area contributed by atoms with Gasteiger partial charge in [-0.05, 0) is 49.4 Å². The predicted octanol–water partition coefficient (Wildman–Crippen LogP) is 3.73. The fourth-order valence-corrected chi connectivity index (χ4v) is 3.20. The molecule has 1 aliphatic rings. The average molecular weight is 412 g/mol. The average Bonchev–Trinajstić information content (AvgIpc) is 3.14. The number of amidine groups is 1. The highest BCUT2D eigenvalue weighted by atomic mass is 16.2. The molecule has 0 atom stereocenters. The molecule has 0 unspecified atom stereocenters. The van der Waals surface area contributed by atoms with E-state index >= 15 is 0 Å². The fourth-order valence-electron chi connectivity index (χ4n) is 3.20. The van der Waals surface area contributed by atoms with E-state index in [9.17, 15) is 14.4 Å². The zero-order valence-corrected chi connectivity index (χ0v) is 16.8. The van der Waals surface area contributed by atoms with Gasteiger partial charge < -0.3 is 10.6 Å². The molecular formula is C24H20N4O3. The second kappa shape index (κ2) is 8.62. The van der Waals surface area contributed by atoms with E-state index in [0.29, 0.717) is 22.5 Å². The van der Waals surface area contributed by atoms with Crippen LogP contribution in [0.5, 0.6) is 0 Å². The van der Waals surface area contributed by atoms with Gasteiger partial charge in [-0.15, -0.1) is 0 Å². The van der Waals surface area contributed by atoms with Crippen molar-refractivity contribution in [3.05, 3.63) is 95.6 Å². The highest BCUT2D eigenvalue weighted by Gasteiger charge is 2.26. The Labute approximate surface area is 179 Å². The van der Waals surface area contributed by atoms with Crippen LogP contribution in [0.3, 0.4) is 0 Å². The summed E-state index contributed by atoms with van der Waals surface area (Å²) in [6.45, 7) is 1.91. The minimum Gasteiger partial charge on any atom is -0.322 e. The molecule has 0 radical (unpaired) electrons. The van der Waals surface area contributed by atoms with E-state index in [1.807, 2.05) is 37.3 Å². The first-order chi connectivity index (χ1) is 15.0. The maximum Gasteiger partial charge on any atom is 0.256 e. The summed E-state index contributed by atoms with van der Waals surface area (Å²) in [5.74, 6) is -0.618. The summed E-state index contributed by atoms with van der Waals surface area (Å²) < 4.78 is 0. The number of amides is 3. The van der Waals surface area contributed by atoms with Gasteiger partial charge in [-0.2, -0.15) is 10.1 Å². The summed E-state index contributed by atoms with van der Waals surface area (Å²) in [5, 5.41) is 11.0. The van der Waals surface area contributed by atoms with Crippen LogP contribution in [-0.4, -0.2) is 23.6 Å². The molecule has 7 heteroatoms. The first-order valence-corrected chi connectivity index (χ1v) is 9.74. The Morgan fingerprint density at radius 3 is 2.26 bits per heavy atom. The van der Waals surface area contributed by atoms with Crippen molar-refractivity contribution < 1.29 is 14.4 Å². The Hall–Kier alpha value is -4.26. The van der Waals surface area contributed by atoms with Crippen molar-refractivity contribution in [2.24, 2.45) is 5.10 Å². The molecule has 0 bridgehead atoms. The molecule has 0 aromatic heterocycles. The van der Waals surface area contributed by atoms with E-state index in [4.69, 9.17) is 0 Å². The molecule has 3 aromatic carbocycles. The molecule has 3 amide bonds. The SMILES string of the molecule is Cc1cccc(C(=O)Nc2cccc(C(=O)NC3=NN(c4ccccc4)C(=O)C3)c2)c1. The molecule has 0 spiro atoms. The van der Waals surface area contributed by atoms with Crippen molar-refractivity contribution in [3.8, 4) is 0 Å². The standard InChI is InChI=1S/C24H20N4O3/c1-16-7-5-8-17(13-16)23(30)25-19-10-6-9-18(14-19)24(31)26-21-15-22(29)28(27-21)20-11-3-2-4-12-20/h2-14H,15H2,1H3,(H,25,30)(H,26,27,31). The number of aryl methyl sites for hydroxylation is 1. The summed E-state index contributed by atoms with van der Waals surface area (Å²) in [5.41, 5.74) is 2.99. The van der Waals surface area contributed by atoms with Crippen LogP contribution < -0.4 is 15.6 Å². The number of hydrazone groups is 1. The van der Waals surface area contributed by atoms with Gasteiger partial charge in [0.05, 0.1) is 12.1 Å². The number of anilines is 2. The van der Waals surface area contributed by atoms with Crippen molar-refractivity contribution in [2.45, 2.75) is 13.3 Å². The maximum absolute atomic E-state index is 12.7. The van der Waals surface area contributed by atoms with Crippen molar-refractivity contribution in [3.63, 3.8) is 0 Å². The molecule has 3 aromatic rings. The third-order valence-corrected chi connectivity index (χ3v) is 4.70. The van der Waals surface area contributed by atoms with Gasteiger partial charge >= 0.3 is 0 Å². The molecule has 0 fully saturated rings. The largest absolute Gasteiger partial charge is 0.322 e. The summed E-state index contributed by atoms with van der Waals surface area (Å²) >= 11 is 0. The number of hydrogen-bond donors (Lipinski definition) is 2. The normalized spacial score (nSPS) is 13.0. The number of nitrogens with zero attached hydrogens (tertiary/aromatic N) is 2. The highest BCUT2D eigenvalue weighted by molar-refractivity contribution is 6.18. The fraction of sp³-hybridized carbons (Fsp3) is 0.0833. The predicted molar refractivity (Wildman–Crippen MR) is 119 cm³/mol. The Balaban J connectivity index is 1.45. The van der Waals surface area contributed by atoms with E-state index in [1.54, 1.807) is 48.5 Å². The third kappa shape index (κ3) is 4.67. The number of hydrogen-bond acceptors (Lipinski definition) is 4. The van der Waals surface area contributed by atoms with Gasteiger partial charge in [0, 0.05) is 16.8 Å². The van der Waals surface area contributed by atoms with Gasteiger partial charge in [0.15, 0.2) is 0 Å². The van der Waals surface area contributed by atoms with Crippen molar-refractivity contribution in [1.29, 1.82) is 0 Å². The molecule has 0 aliphatic carbocycles. The minimum absolute atomic E-state index is 0.00438. The second-order valence-electron chi connectivity index (χ2n) is 7.12. The van der Waals surface area contributed by atoms with Crippen LogP contribution in [0.15, 0.2) is 84.0 Å². The lowest BCUT2D eigenvalue weighted by Gasteiger charge is -2.10. The molecule has 154 valence electrons. The molecule has 1 heterocycles. The molecule has 2 N–H and O–H groups in total. The zero-order chi connectivity index (χ0) is 21.8. The summed E-state index contributed by atoms with van der Waals surface area (Å²) in [7, 11) is 0. The summed E-state index contributed by atoms with van der Waals surface area (Å²) in [4.78, 5) is 37.4. The van der Waals surface area contributed by atoms with Crippen LogP contribution in [0.2, 0.25) is 0 Å². The highest BCUT2D eigenvalue weighted by Crippen LogP contribution is 2.19. The van der Waals surface area contributed by atoms with Crippen LogP contribution in [0.1, 0.15) is 32.7 Å². The topological polar surface area (TPSA) is 90.9 Å². The quantitative estimate of drug-likeness (QED) is 0.684. The van der Waals surface area contributed by atoms with E-state index in [1.165, 1.54) is 5.01 Å². The Morgan fingerprint density at radius 1 is 0.839 bits per heavy atom. The van der Waals surface area contributed by atoms with Gasteiger partial charge in [0.25, 0.3) is 17.7 Å². The molecule has 0 saturated heterocycles. The van der Waals surface area contributed by atoms with Crippen LogP contribution in [-0.2, 0) is 4.79 Å². The Kier molecular flexibility index (Phi) is 5.57. The number of nitrogens with one attached hydrogen (secondary N) is 2. The maximum atomic E-state index is 12.7. The third-order valence-electron chi connectivity index (χ3n) is 4.70. The van der Waals surface area contributed by atoms with Crippen LogP contribution >= 0.6 is 0 Å². The lowest BCUT2D eigenvalue weighted by molar-refractivity contribution is -0.116. The van der Waals surface area contributed by atoms with Crippen LogP contribution in [0, 0.1) is 6.92 Å². The van der Waals surface area contributed by atoms with Crippen LogP contribution in [0.25, 0.3) is 0 Å². The monoisotopic (exact) mass is 412 g/mol. The van der Waals surface area contributed by atoms with Crippen molar-refractivity contribution in [1.82, 2.24) is 5.32 Å². The van der Waals surface area contributed by atoms with Gasteiger partial charge in [-0.1, -0.05) is 42.0 Å². The van der Waals surface area contributed by atoms with Gasteiger partial charge in [0.2, 0.25) is 0 Å². The number of rotatable bonds is 4. The number of carbonyl (C=O) groups is 3. The van der Waals surface area contributed by atoms with E-state index < -0.39 is 5.91 Å². The summed E-state index contributed by atoms with van der Waals surface area (Å²) in [6, 6.07) is 22.9. The van der Waals surface area contributed by atoms with E-state index in [2.05, 4.69) is 15.7 Å². The van der Waals surface area contributed by atoms with E-state index in [0.717, 1.165) is 5.56 Å². The molecule has 4 rings (SSSR count). The smallest absolute Gasteiger partial charge is 0.256 e. The Morgan fingerprint density at radius 2 is 1.52 bits per heavy atom. The Bertz CT molecular complexity index is 1190. The molecular weight excluding hydrogens is 392 g/mol. The first kappa shape index (κ1) is 20.0. The van der Waals surface area contributed by atoms with Crippen molar-refractivity contribution >= 4 is 34.9 Å². The number of carbonyl (C=O) groups excluding carboxylic acids is 3. The van der Waals surface area contributed by atoms with Crippen molar-refractivity contribution in [2.75, 3.05) is 10.3 Å². The number of benzene rings is 3. The first-order valence-electron chi connectivity index (χ1n) is 9.74. The molecule has 31 heavy (non-hydrogen) atoms. The van der Waals surface area contributed by atoms with Gasteiger partial charge in [-0.3, -0.25) is 14.4 Å².